The number of nitrogens with zero attached hydrogens (tertiary/aromatic N) is 1. The SMILES string of the molecule is CC(CN(C)C1CCNCC1)C(=O)O. The first kappa shape index (κ1) is 11.5. The van der Waals surface area contributed by atoms with Crippen LogP contribution in [0.3, 0.4) is 0 Å². The number of nitrogens with one attached hydrogen (secondary N) is 1. The van der Waals surface area contributed by atoms with Gasteiger partial charge in [0.25, 0.3) is 0 Å². The van der Waals surface area contributed by atoms with Crippen molar-refractivity contribution in [3.63, 3.8) is 0 Å². The average molecular weight is 200 g/mol. The summed E-state index contributed by atoms with van der Waals surface area (Å²) in [6.07, 6.45) is 2.26. The van der Waals surface area contributed by atoms with E-state index >= 15 is 0 Å². The van der Waals surface area contributed by atoms with Crippen LogP contribution in [0.15, 0.2) is 0 Å². The number of carbonyl (C=O) groups is 1. The topological polar surface area (TPSA) is 52.6 Å². The predicted molar refractivity (Wildman–Crippen MR) is 55.3 cm³/mol. The van der Waals surface area contributed by atoms with E-state index < -0.39 is 5.97 Å². The molecule has 1 heterocycles. The fraction of sp³-hybridized carbons (Fsp3) is 0.900. The molecule has 1 unspecified atom stereocenters. The molecule has 14 heavy (non-hydrogen) atoms. The Morgan fingerprint density at radius 1 is 1.57 bits per heavy atom. The van der Waals surface area contributed by atoms with Gasteiger partial charge in [-0.25, -0.2) is 0 Å². The first-order chi connectivity index (χ1) is 6.61. The molecule has 1 rings (SSSR count). The zero-order valence-electron chi connectivity index (χ0n) is 8.99. The molecule has 0 saturated carbocycles. The van der Waals surface area contributed by atoms with Crippen LogP contribution in [-0.2, 0) is 4.79 Å². The first-order valence-electron chi connectivity index (χ1n) is 5.25. The highest BCUT2D eigenvalue weighted by Crippen LogP contribution is 2.11. The second-order valence-electron chi connectivity index (χ2n) is 4.16. The van der Waals surface area contributed by atoms with Crippen LogP contribution in [0.25, 0.3) is 0 Å². The third-order valence-electron chi connectivity index (χ3n) is 2.92. The van der Waals surface area contributed by atoms with Crippen molar-refractivity contribution >= 4 is 5.97 Å². The van der Waals surface area contributed by atoms with Crippen molar-refractivity contribution < 1.29 is 9.90 Å². The van der Waals surface area contributed by atoms with E-state index in [-0.39, 0.29) is 5.92 Å². The standard InChI is InChI=1S/C10H20N2O2/c1-8(10(13)14)7-12(2)9-3-5-11-6-4-9/h8-9,11H,3-7H2,1-2H3,(H,13,14). The van der Waals surface area contributed by atoms with Gasteiger partial charge in [-0.2, -0.15) is 0 Å². The highest BCUT2D eigenvalue weighted by molar-refractivity contribution is 5.69. The molecule has 82 valence electrons. The van der Waals surface area contributed by atoms with Crippen molar-refractivity contribution in [2.75, 3.05) is 26.7 Å². The summed E-state index contributed by atoms with van der Waals surface area (Å²) in [7, 11) is 2.02. The minimum atomic E-state index is -0.703. The maximum atomic E-state index is 10.7. The smallest absolute Gasteiger partial charge is 0.307 e. The molecule has 0 aromatic carbocycles. The third kappa shape index (κ3) is 3.27. The van der Waals surface area contributed by atoms with Gasteiger partial charge >= 0.3 is 5.97 Å². The van der Waals surface area contributed by atoms with Gasteiger partial charge in [0, 0.05) is 12.6 Å². The van der Waals surface area contributed by atoms with Gasteiger partial charge in [0.2, 0.25) is 0 Å². The summed E-state index contributed by atoms with van der Waals surface area (Å²) in [5.74, 6) is -0.972. The lowest BCUT2D eigenvalue weighted by Gasteiger charge is -2.32. The van der Waals surface area contributed by atoms with Crippen LogP contribution < -0.4 is 5.32 Å². The van der Waals surface area contributed by atoms with Crippen molar-refractivity contribution in [2.45, 2.75) is 25.8 Å². The number of rotatable bonds is 4. The van der Waals surface area contributed by atoms with Gasteiger partial charge < -0.3 is 15.3 Å². The van der Waals surface area contributed by atoms with E-state index in [0.29, 0.717) is 12.6 Å². The Morgan fingerprint density at radius 2 is 2.14 bits per heavy atom. The predicted octanol–water partition coefficient (Wildman–Crippen LogP) is 0.391. The van der Waals surface area contributed by atoms with Crippen LogP contribution >= 0.6 is 0 Å². The van der Waals surface area contributed by atoms with Crippen LogP contribution in [0.2, 0.25) is 0 Å². The van der Waals surface area contributed by atoms with E-state index in [1.54, 1.807) is 6.92 Å². The van der Waals surface area contributed by atoms with E-state index in [1.807, 2.05) is 7.05 Å². The van der Waals surface area contributed by atoms with Gasteiger partial charge in [-0.15, -0.1) is 0 Å². The number of hydrogen-bond donors (Lipinski definition) is 2. The van der Waals surface area contributed by atoms with Gasteiger partial charge in [0.15, 0.2) is 0 Å². The monoisotopic (exact) mass is 200 g/mol. The molecule has 1 saturated heterocycles. The van der Waals surface area contributed by atoms with E-state index in [1.165, 1.54) is 0 Å². The van der Waals surface area contributed by atoms with E-state index in [2.05, 4.69) is 10.2 Å². The summed E-state index contributed by atoms with van der Waals surface area (Å²) in [5, 5.41) is 12.1. The lowest BCUT2D eigenvalue weighted by molar-refractivity contribution is -0.141. The molecule has 0 aliphatic carbocycles. The summed E-state index contributed by atoms with van der Waals surface area (Å²) >= 11 is 0. The summed E-state index contributed by atoms with van der Waals surface area (Å²) in [6, 6.07) is 0.554. The second-order valence-corrected chi connectivity index (χ2v) is 4.16. The third-order valence-corrected chi connectivity index (χ3v) is 2.92. The molecule has 1 aliphatic heterocycles. The molecule has 1 atom stereocenters. The minimum absolute atomic E-state index is 0.269. The minimum Gasteiger partial charge on any atom is -0.481 e. The molecule has 0 amide bonds. The summed E-state index contributed by atoms with van der Waals surface area (Å²) < 4.78 is 0. The van der Waals surface area contributed by atoms with Gasteiger partial charge in [0.05, 0.1) is 5.92 Å². The van der Waals surface area contributed by atoms with E-state index in [0.717, 1.165) is 25.9 Å². The van der Waals surface area contributed by atoms with Crippen molar-refractivity contribution in [1.29, 1.82) is 0 Å². The molecule has 0 aromatic heterocycles. The van der Waals surface area contributed by atoms with Crippen molar-refractivity contribution in [2.24, 2.45) is 5.92 Å². The number of piperidine rings is 1. The number of aliphatic carboxylic acids is 1. The summed E-state index contributed by atoms with van der Waals surface area (Å²) in [6.45, 7) is 4.52. The zero-order valence-corrected chi connectivity index (χ0v) is 8.99. The molecular weight excluding hydrogens is 180 g/mol. The van der Waals surface area contributed by atoms with Gasteiger partial charge in [-0.05, 0) is 33.0 Å². The Balaban J connectivity index is 2.32. The van der Waals surface area contributed by atoms with Gasteiger partial charge in [-0.1, -0.05) is 6.92 Å². The van der Waals surface area contributed by atoms with Crippen molar-refractivity contribution in [1.82, 2.24) is 10.2 Å². The van der Waals surface area contributed by atoms with E-state index in [9.17, 15) is 4.79 Å². The molecule has 0 bridgehead atoms. The molecule has 4 heteroatoms. The molecule has 2 N–H and O–H groups in total. The van der Waals surface area contributed by atoms with Crippen LogP contribution in [-0.4, -0.2) is 48.7 Å². The molecule has 1 fully saturated rings. The maximum absolute atomic E-state index is 10.7. The van der Waals surface area contributed by atoms with Crippen LogP contribution in [0, 0.1) is 5.92 Å². The highest BCUT2D eigenvalue weighted by Gasteiger charge is 2.21. The fourth-order valence-corrected chi connectivity index (χ4v) is 1.91. The average Bonchev–Trinajstić information content (AvgIpc) is 2.19. The normalized spacial score (nSPS) is 21.1. The van der Waals surface area contributed by atoms with Crippen LogP contribution in [0.1, 0.15) is 19.8 Å². The zero-order chi connectivity index (χ0) is 10.6. The first-order valence-corrected chi connectivity index (χ1v) is 5.25. The Kier molecular flexibility index (Phi) is 4.35. The van der Waals surface area contributed by atoms with Crippen LogP contribution in [0.5, 0.6) is 0 Å². The summed E-state index contributed by atoms with van der Waals surface area (Å²) in [5.41, 5.74) is 0. The Morgan fingerprint density at radius 3 is 2.64 bits per heavy atom. The Labute approximate surface area is 85.3 Å². The fourth-order valence-electron chi connectivity index (χ4n) is 1.91. The maximum Gasteiger partial charge on any atom is 0.307 e. The Bertz CT molecular complexity index is 191. The number of carboxylic acid groups (broad SMARTS) is 1. The van der Waals surface area contributed by atoms with Crippen molar-refractivity contribution in [3.05, 3.63) is 0 Å². The second kappa shape index (κ2) is 5.32. The molecular formula is C10H20N2O2. The molecule has 0 radical (unpaired) electrons. The lowest BCUT2D eigenvalue weighted by atomic mass is 10.0. The van der Waals surface area contributed by atoms with Gasteiger partial charge in [0.1, 0.15) is 0 Å². The number of hydrogen-bond acceptors (Lipinski definition) is 3. The van der Waals surface area contributed by atoms with Crippen molar-refractivity contribution in [3.8, 4) is 0 Å². The molecule has 0 aromatic rings. The van der Waals surface area contributed by atoms with Crippen LogP contribution in [0.4, 0.5) is 0 Å². The summed E-state index contributed by atoms with van der Waals surface area (Å²) in [4.78, 5) is 12.9. The largest absolute Gasteiger partial charge is 0.481 e. The van der Waals surface area contributed by atoms with Gasteiger partial charge in [-0.3, -0.25) is 4.79 Å². The lowest BCUT2D eigenvalue weighted by Crippen LogP contribution is -2.43. The van der Waals surface area contributed by atoms with E-state index in [4.69, 9.17) is 5.11 Å². The number of carboxylic acids is 1. The molecule has 1 aliphatic rings. The quantitative estimate of drug-likeness (QED) is 0.689. The molecule has 4 nitrogen and oxygen atoms in total. The molecule has 0 spiro atoms. The highest BCUT2D eigenvalue weighted by atomic mass is 16.4. The Hall–Kier alpha value is -0.610.